The molecular formula is C13H18ClN3O. The number of pyridine rings is 1. The van der Waals surface area contributed by atoms with E-state index < -0.39 is 0 Å². The van der Waals surface area contributed by atoms with Gasteiger partial charge in [-0.05, 0) is 29.9 Å². The molecule has 1 atom stereocenters. The largest absolute Gasteiger partial charge is 0.373 e. The Kier molecular flexibility index (Phi) is 3.48. The lowest BCUT2D eigenvalue weighted by atomic mass is 10.1. The van der Waals surface area contributed by atoms with Gasteiger partial charge in [-0.1, -0.05) is 25.4 Å². The van der Waals surface area contributed by atoms with E-state index >= 15 is 0 Å². The number of anilines is 1. The van der Waals surface area contributed by atoms with Crippen molar-refractivity contribution in [1.29, 1.82) is 0 Å². The van der Waals surface area contributed by atoms with Crippen molar-refractivity contribution in [3.05, 3.63) is 22.8 Å². The minimum atomic E-state index is -0.0986. The molecule has 1 heterocycles. The van der Waals surface area contributed by atoms with Gasteiger partial charge in [0.15, 0.2) is 0 Å². The lowest BCUT2D eigenvalue weighted by molar-refractivity contribution is 0.0950. The minimum absolute atomic E-state index is 0.0986. The second-order valence-electron chi connectivity index (χ2n) is 5.41. The number of hydrogen-bond donors (Lipinski definition) is 2. The maximum Gasteiger partial charge on any atom is 0.251 e. The van der Waals surface area contributed by atoms with Gasteiger partial charge in [0, 0.05) is 19.2 Å². The van der Waals surface area contributed by atoms with E-state index in [0.717, 1.165) is 6.54 Å². The summed E-state index contributed by atoms with van der Waals surface area (Å²) in [4.78, 5) is 16.0. The quantitative estimate of drug-likeness (QED) is 0.825. The molecule has 0 bridgehead atoms. The van der Waals surface area contributed by atoms with Crippen LogP contribution in [0, 0.1) is 11.3 Å². The van der Waals surface area contributed by atoms with Gasteiger partial charge in [0.1, 0.15) is 11.0 Å². The zero-order chi connectivity index (χ0) is 13.3. The number of hydrogen-bond acceptors (Lipinski definition) is 3. The predicted molar refractivity (Wildman–Crippen MR) is 73.0 cm³/mol. The summed E-state index contributed by atoms with van der Waals surface area (Å²) in [6.45, 7) is 5.15. The molecule has 0 aliphatic heterocycles. The van der Waals surface area contributed by atoms with Gasteiger partial charge >= 0.3 is 0 Å². The SMILES string of the molecule is CNc1cc(C(=O)NCC2CC2(C)C)cc(Cl)n1. The number of carbonyl (C=O) groups excluding carboxylic acids is 1. The van der Waals surface area contributed by atoms with Crippen LogP contribution in [0.25, 0.3) is 0 Å². The minimum Gasteiger partial charge on any atom is -0.373 e. The van der Waals surface area contributed by atoms with E-state index in [0.29, 0.717) is 27.9 Å². The Morgan fingerprint density at radius 1 is 1.56 bits per heavy atom. The van der Waals surface area contributed by atoms with Crippen molar-refractivity contribution >= 4 is 23.3 Å². The molecule has 1 fully saturated rings. The van der Waals surface area contributed by atoms with E-state index in [1.54, 1.807) is 19.2 Å². The van der Waals surface area contributed by atoms with Crippen LogP contribution in [0.5, 0.6) is 0 Å². The average molecular weight is 268 g/mol. The van der Waals surface area contributed by atoms with Gasteiger partial charge in [0.05, 0.1) is 0 Å². The van der Waals surface area contributed by atoms with Crippen LogP contribution in [-0.2, 0) is 0 Å². The smallest absolute Gasteiger partial charge is 0.251 e. The Morgan fingerprint density at radius 2 is 2.22 bits per heavy atom. The first kappa shape index (κ1) is 13.1. The van der Waals surface area contributed by atoms with Crippen molar-refractivity contribution in [2.24, 2.45) is 11.3 Å². The predicted octanol–water partition coefficient (Wildman–Crippen LogP) is 2.55. The van der Waals surface area contributed by atoms with E-state index in [4.69, 9.17) is 11.6 Å². The molecule has 2 N–H and O–H groups in total. The Labute approximate surface area is 112 Å². The second-order valence-corrected chi connectivity index (χ2v) is 5.80. The van der Waals surface area contributed by atoms with Crippen LogP contribution in [-0.4, -0.2) is 24.5 Å². The summed E-state index contributed by atoms with van der Waals surface area (Å²) in [5, 5.41) is 6.14. The zero-order valence-electron chi connectivity index (χ0n) is 10.9. The molecule has 4 nitrogen and oxygen atoms in total. The lowest BCUT2D eigenvalue weighted by Crippen LogP contribution is -2.26. The highest BCUT2D eigenvalue weighted by molar-refractivity contribution is 6.29. The lowest BCUT2D eigenvalue weighted by Gasteiger charge is -2.08. The molecule has 1 aromatic heterocycles. The number of amides is 1. The van der Waals surface area contributed by atoms with Crippen LogP contribution < -0.4 is 10.6 Å². The van der Waals surface area contributed by atoms with Gasteiger partial charge in [-0.15, -0.1) is 0 Å². The molecule has 0 radical (unpaired) electrons. The summed E-state index contributed by atoms with van der Waals surface area (Å²) in [6, 6.07) is 3.27. The number of carbonyl (C=O) groups is 1. The van der Waals surface area contributed by atoms with Crippen LogP contribution in [0.1, 0.15) is 30.6 Å². The van der Waals surface area contributed by atoms with E-state index in [1.165, 1.54) is 6.42 Å². The van der Waals surface area contributed by atoms with E-state index in [9.17, 15) is 4.79 Å². The highest BCUT2D eigenvalue weighted by atomic mass is 35.5. The highest BCUT2D eigenvalue weighted by Gasteiger charge is 2.45. The molecule has 1 unspecified atom stereocenters. The summed E-state index contributed by atoms with van der Waals surface area (Å²) >= 11 is 5.86. The molecule has 2 rings (SSSR count). The molecule has 0 spiro atoms. The maximum atomic E-state index is 12.0. The summed E-state index contributed by atoms with van der Waals surface area (Å²) in [7, 11) is 1.74. The maximum absolute atomic E-state index is 12.0. The molecule has 1 saturated carbocycles. The van der Waals surface area contributed by atoms with Crippen molar-refractivity contribution < 1.29 is 4.79 Å². The Balaban J connectivity index is 1.98. The summed E-state index contributed by atoms with van der Waals surface area (Å²) in [6.07, 6.45) is 1.17. The summed E-state index contributed by atoms with van der Waals surface area (Å²) in [5.41, 5.74) is 0.914. The van der Waals surface area contributed by atoms with Crippen LogP contribution >= 0.6 is 11.6 Å². The highest BCUT2D eigenvalue weighted by Crippen LogP contribution is 2.50. The van der Waals surface area contributed by atoms with Crippen LogP contribution in [0.2, 0.25) is 5.15 Å². The van der Waals surface area contributed by atoms with Crippen molar-refractivity contribution in [3.63, 3.8) is 0 Å². The standard InChI is InChI=1S/C13H18ClN3O/c1-13(2)6-9(13)7-16-12(18)8-4-10(14)17-11(5-8)15-3/h4-5,9H,6-7H2,1-3H3,(H,15,17)(H,16,18). The first-order valence-electron chi connectivity index (χ1n) is 6.06. The van der Waals surface area contributed by atoms with Gasteiger partial charge < -0.3 is 10.6 Å². The van der Waals surface area contributed by atoms with Gasteiger partial charge in [-0.25, -0.2) is 4.98 Å². The fourth-order valence-electron chi connectivity index (χ4n) is 2.00. The second kappa shape index (κ2) is 4.76. The monoisotopic (exact) mass is 267 g/mol. The van der Waals surface area contributed by atoms with E-state index in [2.05, 4.69) is 29.5 Å². The first-order chi connectivity index (χ1) is 8.42. The molecule has 1 aliphatic carbocycles. The van der Waals surface area contributed by atoms with Crippen LogP contribution in [0.3, 0.4) is 0 Å². The third-order valence-corrected chi connectivity index (χ3v) is 3.73. The third kappa shape index (κ3) is 2.93. The van der Waals surface area contributed by atoms with Gasteiger partial charge in [0.2, 0.25) is 0 Å². The molecular weight excluding hydrogens is 250 g/mol. The fourth-order valence-corrected chi connectivity index (χ4v) is 2.21. The summed E-state index contributed by atoms with van der Waals surface area (Å²) < 4.78 is 0. The molecule has 0 saturated heterocycles. The average Bonchev–Trinajstić information content (AvgIpc) is 2.93. The third-order valence-electron chi connectivity index (χ3n) is 3.54. The van der Waals surface area contributed by atoms with E-state index in [1.807, 2.05) is 0 Å². The van der Waals surface area contributed by atoms with Crippen molar-refractivity contribution in [2.75, 3.05) is 18.9 Å². The van der Waals surface area contributed by atoms with Crippen molar-refractivity contribution in [1.82, 2.24) is 10.3 Å². The van der Waals surface area contributed by atoms with E-state index in [-0.39, 0.29) is 5.91 Å². The number of nitrogens with zero attached hydrogens (tertiary/aromatic N) is 1. The fraction of sp³-hybridized carbons (Fsp3) is 0.538. The molecule has 18 heavy (non-hydrogen) atoms. The Morgan fingerprint density at radius 3 is 2.78 bits per heavy atom. The van der Waals surface area contributed by atoms with Gasteiger partial charge in [-0.2, -0.15) is 0 Å². The van der Waals surface area contributed by atoms with Gasteiger partial charge in [0.25, 0.3) is 5.91 Å². The van der Waals surface area contributed by atoms with Crippen LogP contribution in [0.4, 0.5) is 5.82 Å². The molecule has 1 amide bonds. The van der Waals surface area contributed by atoms with Crippen molar-refractivity contribution in [2.45, 2.75) is 20.3 Å². The Bertz CT molecular complexity index is 473. The topological polar surface area (TPSA) is 54.0 Å². The number of nitrogens with one attached hydrogen (secondary N) is 2. The normalized spacial score (nSPS) is 20.3. The van der Waals surface area contributed by atoms with Crippen molar-refractivity contribution in [3.8, 4) is 0 Å². The molecule has 0 aromatic carbocycles. The molecule has 98 valence electrons. The molecule has 5 heteroatoms. The number of halogens is 1. The first-order valence-corrected chi connectivity index (χ1v) is 6.44. The van der Waals surface area contributed by atoms with Crippen LogP contribution in [0.15, 0.2) is 12.1 Å². The summed E-state index contributed by atoms with van der Waals surface area (Å²) in [5.74, 6) is 1.08. The number of aromatic nitrogens is 1. The molecule has 1 aromatic rings. The zero-order valence-corrected chi connectivity index (χ0v) is 11.6. The molecule has 1 aliphatic rings. The van der Waals surface area contributed by atoms with Gasteiger partial charge in [-0.3, -0.25) is 4.79 Å². The number of rotatable bonds is 4. The Hall–Kier alpha value is -1.29.